The number of unbranched alkanes of at least 4 members (excludes halogenated alkanes) is 7. The van der Waals surface area contributed by atoms with Crippen molar-refractivity contribution < 1.29 is 24.2 Å². The summed E-state index contributed by atoms with van der Waals surface area (Å²) < 4.78 is 10.9. The number of carbonyl (C=O) groups excluding carboxylic acids is 2. The molecule has 5 heteroatoms. The molecule has 1 aliphatic rings. The van der Waals surface area contributed by atoms with Crippen LogP contribution in [-0.2, 0) is 19.1 Å². The van der Waals surface area contributed by atoms with Crippen LogP contribution in [0.5, 0.6) is 0 Å². The molecule has 1 saturated heterocycles. The van der Waals surface area contributed by atoms with Crippen molar-refractivity contribution >= 4 is 11.9 Å². The van der Waals surface area contributed by atoms with Crippen LogP contribution in [0.15, 0.2) is 11.6 Å². The summed E-state index contributed by atoms with van der Waals surface area (Å²) in [4.78, 5) is 24.6. The molecule has 0 aliphatic carbocycles. The van der Waals surface area contributed by atoms with E-state index in [1.807, 2.05) is 6.08 Å². The van der Waals surface area contributed by atoms with Crippen molar-refractivity contribution in [2.45, 2.75) is 104 Å². The third-order valence-corrected chi connectivity index (χ3v) is 6.18. The van der Waals surface area contributed by atoms with E-state index in [4.69, 9.17) is 9.47 Å². The average molecular weight is 425 g/mol. The Bertz CT molecular complexity index is 544. The summed E-state index contributed by atoms with van der Waals surface area (Å²) in [7, 11) is 0. The van der Waals surface area contributed by atoms with Gasteiger partial charge in [0.25, 0.3) is 0 Å². The van der Waals surface area contributed by atoms with Gasteiger partial charge in [0.15, 0.2) is 5.60 Å². The standard InChI is InChI=1S/C25H44O5/c1-6-7-8-9-10-11-12-13-14-21-16-25(17-26,30-24(21)28)18-29-23(27)15-22(19(2)3)20(4)5/h14,19-20,22,26H,6-13,15-18H2,1-5H3/b21-14+. The smallest absolute Gasteiger partial charge is 0.334 e. The first-order chi connectivity index (χ1) is 14.2. The largest absolute Gasteiger partial charge is 0.461 e. The molecule has 30 heavy (non-hydrogen) atoms. The van der Waals surface area contributed by atoms with Gasteiger partial charge in [-0.1, -0.05) is 79.2 Å². The quantitative estimate of drug-likeness (QED) is 0.211. The van der Waals surface area contributed by atoms with E-state index in [9.17, 15) is 14.7 Å². The second-order valence-corrected chi connectivity index (χ2v) is 9.56. The predicted octanol–water partition coefficient (Wildman–Crippen LogP) is 5.59. The zero-order valence-electron chi connectivity index (χ0n) is 19.9. The van der Waals surface area contributed by atoms with Gasteiger partial charge in [-0.05, 0) is 30.6 Å². The van der Waals surface area contributed by atoms with Gasteiger partial charge < -0.3 is 14.6 Å². The third kappa shape index (κ3) is 9.20. The highest BCUT2D eigenvalue weighted by atomic mass is 16.6. The van der Waals surface area contributed by atoms with Gasteiger partial charge in [-0.3, -0.25) is 4.79 Å². The minimum absolute atomic E-state index is 0.0915. The molecule has 5 nitrogen and oxygen atoms in total. The number of aliphatic hydroxyl groups is 1. The molecule has 0 aromatic heterocycles. The van der Waals surface area contributed by atoms with Crippen molar-refractivity contribution in [2.24, 2.45) is 17.8 Å². The molecule has 1 heterocycles. The summed E-state index contributed by atoms with van der Waals surface area (Å²) in [5, 5.41) is 9.84. The molecule has 1 rings (SSSR count). The van der Waals surface area contributed by atoms with Crippen molar-refractivity contribution in [1.82, 2.24) is 0 Å². The SMILES string of the molecule is CCCCCCCCC/C=C1\CC(CO)(COC(=O)CC(C(C)C)C(C)C)OC1=O. The number of rotatable bonds is 15. The van der Waals surface area contributed by atoms with Gasteiger partial charge in [0.05, 0.1) is 6.61 Å². The van der Waals surface area contributed by atoms with Crippen LogP contribution < -0.4 is 0 Å². The number of cyclic esters (lactones) is 1. The van der Waals surface area contributed by atoms with Crippen LogP contribution in [0.4, 0.5) is 0 Å². The lowest BCUT2D eigenvalue weighted by atomic mass is 9.83. The Morgan fingerprint density at radius 2 is 1.70 bits per heavy atom. The van der Waals surface area contributed by atoms with E-state index in [2.05, 4.69) is 34.6 Å². The molecule has 0 amide bonds. The van der Waals surface area contributed by atoms with Crippen LogP contribution in [0.25, 0.3) is 0 Å². The molecule has 1 atom stereocenters. The highest BCUT2D eigenvalue weighted by molar-refractivity contribution is 5.91. The molecule has 174 valence electrons. The maximum absolute atomic E-state index is 12.3. The van der Waals surface area contributed by atoms with Gasteiger partial charge in [-0.15, -0.1) is 0 Å². The average Bonchev–Trinajstić information content (AvgIpc) is 3.02. The summed E-state index contributed by atoms with van der Waals surface area (Å²) in [5.74, 6) is 0.313. The van der Waals surface area contributed by atoms with Crippen LogP contribution in [0.1, 0.15) is 98.8 Å². The third-order valence-electron chi connectivity index (χ3n) is 6.18. The van der Waals surface area contributed by atoms with Crippen LogP contribution in [0.2, 0.25) is 0 Å². The first-order valence-electron chi connectivity index (χ1n) is 11.9. The van der Waals surface area contributed by atoms with E-state index in [1.54, 1.807) is 0 Å². The fourth-order valence-electron chi connectivity index (χ4n) is 4.17. The minimum atomic E-state index is -1.14. The minimum Gasteiger partial charge on any atom is -0.461 e. The molecule has 1 unspecified atom stereocenters. The van der Waals surface area contributed by atoms with E-state index >= 15 is 0 Å². The molecule has 0 aromatic carbocycles. The van der Waals surface area contributed by atoms with Crippen LogP contribution in [0, 0.1) is 17.8 Å². The number of esters is 2. The van der Waals surface area contributed by atoms with Gasteiger partial charge in [0.2, 0.25) is 0 Å². The maximum atomic E-state index is 12.3. The van der Waals surface area contributed by atoms with Crippen molar-refractivity contribution in [3.05, 3.63) is 11.6 Å². The highest BCUT2D eigenvalue weighted by Crippen LogP contribution is 2.32. The second-order valence-electron chi connectivity index (χ2n) is 9.56. The zero-order chi connectivity index (χ0) is 22.6. The number of carbonyl (C=O) groups is 2. The summed E-state index contributed by atoms with van der Waals surface area (Å²) in [6, 6.07) is 0. The molecule has 1 aliphatic heterocycles. The Morgan fingerprint density at radius 1 is 1.10 bits per heavy atom. The van der Waals surface area contributed by atoms with Crippen LogP contribution in [-0.4, -0.2) is 35.9 Å². The van der Waals surface area contributed by atoms with Crippen molar-refractivity contribution in [2.75, 3.05) is 13.2 Å². The van der Waals surface area contributed by atoms with Crippen molar-refractivity contribution in [3.8, 4) is 0 Å². The van der Waals surface area contributed by atoms with E-state index in [1.165, 1.54) is 32.1 Å². The summed E-state index contributed by atoms with van der Waals surface area (Å²) in [6.07, 6.45) is 12.0. The van der Waals surface area contributed by atoms with Crippen LogP contribution >= 0.6 is 0 Å². The predicted molar refractivity (Wildman–Crippen MR) is 120 cm³/mol. The monoisotopic (exact) mass is 424 g/mol. The Morgan fingerprint density at radius 3 is 2.27 bits per heavy atom. The first kappa shape index (κ1) is 26.7. The lowest BCUT2D eigenvalue weighted by Gasteiger charge is -2.26. The number of allylic oxidation sites excluding steroid dienone is 1. The lowest BCUT2D eigenvalue weighted by molar-refractivity contribution is -0.167. The van der Waals surface area contributed by atoms with Gasteiger partial charge in [-0.2, -0.15) is 0 Å². The summed E-state index contributed by atoms with van der Waals surface area (Å²) in [5.41, 5.74) is -0.544. The van der Waals surface area contributed by atoms with Gasteiger partial charge in [0, 0.05) is 18.4 Å². The molecule has 1 N–H and O–H groups in total. The molecule has 1 fully saturated rings. The Kier molecular flexibility index (Phi) is 12.3. The van der Waals surface area contributed by atoms with Gasteiger partial charge >= 0.3 is 11.9 Å². The Balaban J connectivity index is 2.46. The van der Waals surface area contributed by atoms with E-state index in [0.29, 0.717) is 30.3 Å². The number of hydrogen-bond acceptors (Lipinski definition) is 5. The molecule has 0 spiro atoms. The van der Waals surface area contributed by atoms with E-state index in [0.717, 1.165) is 19.3 Å². The zero-order valence-corrected chi connectivity index (χ0v) is 19.9. The lowest BCUT2D eigenvalue weighted by Crippen LogP contribution is -2.39. The van der Waals surface area contributed by atoms with Gasteiger partial charge in [0.1, 0.15) is 6.61 Å². The molecule has 0 saturated carbocycles. The Labute approximate surface area is 183 Å². The van der Waals surface area contributed by atoms with Gasteiger partial charge in [-0.25, -0.2) is 4.79 Å². The second kappa shape index (κ2) is 13.8. The maximum Gasteiger partial charge on any atom is 0.334 e. The number of ether oxygens (including phenoxy) is 2. The van der Waals surface area contributed by atoms with E-state index in [-0.39, 0.29) is 25.1 Å². The molecule has 0 aromatic rings. The highest BCUT2D eigenvalue weighted by Gasteiger charge is 2.44. The number of hydrogen-bond donors (Lipinski definition) is 1. The first-order valence-corrected chi connectivity index (χ1v) is 11.9. The van der Waals surface area contributed by atoms with Crippen molar-refractivity contribution in [1.29, 1.82) is 0 Å². The topological polar surface area (TPSA) is 72.8 Å². The van der Waals surface area contributed by atoms with E-state index < -0.39 is 11.6 Å². The molecule has 0 bridgehead atoms. The fourth-order valence-corrected chi connectivity index (χ4v) is 4.17. The Hall–Kier alpha value is -1.36. The van der Waals surface area contributed by atoms with Crippen molar-refractivity contribution in [3.63, 3.8) is 0 Å². The molecule has 0 radical (unpaired) electrons. The molecular formula is C25H44O5. The summed E-state index contributed by atoms with van der Waals surface area (Å²) in [6.45, 7) is 10.2. The normalized spacial score (nSPS) is 20.6. The van der Waals surface area contributed by atoms with Crippen LogP contribution in [0.3, 0.4) is 0 Å². The summed E-state index contributed by atoms with van der Waals surface area (Å²) >= 11 is 0. The molecular weight excluding hydrogens is 380 g/mol. The fraction of sp³-hybridized carbons (Fsp3) is 0.840. The number of aliphatic hydroxyl groups excluding tert-OH is 1.